The van der Waals surface area contributed by atoms with Crippen molar-refractivity contribution in [2.75, 3.05) is 0 Å². The van der Waals surface area contributed by atoms with E-state index in [1.165, 1.54) is 5.56 Å². The molecule has 1 N–H and O–H groups in total. The van der Waals surface area contributed by atoms with Gasteiger partial charge in [-0.15, -0.1) is 5.10 Å². The van der Waals surface area contributed by atoms with Crippen molar-refractivity contribution in [3.8, 4) is 0 Å². The van der Waals surface area contributed by atoms with Gasteiger partial charge in [-0.25, -0.2) is 0 Å². The van der Waals surface area contributed by atoms with Crippen molar-refractivity contribution in [2.45, 2.75) is 12.8 Å². The van der Waals surface area contributed by atoms with Crippen LogP contribution in [0.2, 0.25) is 0 Å². The zero-order valence-corrected chi connectivity index (χ0v) is 5.67. The maximum absolute atomic E-state index is 4.11. The molecule has 2 rings (SSSR count). The average Bonchev–Trinajstić information content (AvgIpc) is 2.05. The van der Waals surface area contributed by atoms with Gasteiger partial charge in [0.15, 0.2) is 6.20 Å². The molecule has 1 aromatic rings. The number of fused-ring (bicyclic) bond motifs is 1. The minimum Gasteiger partial charge on any atom is -0.106 e. The largest absolute Gasteiger partial charge is 0.193 e. The number of nitrogens with zero attached hydrogens (tertiary/aromatic N) is 1. The highest BCUT2D eigenvalue weighted by atomic mass is 15.1. The Morgan fingerprint density at radius 1 is 1.50 bits per heavy atom. The molecule has 1 heterocycles. The first kappa shape index (κ1) is 5.59. The summed E-state index contributed by atoms with van der Waals surface area (Å²) in [5.41, 5.74) is 2.44. The Balaban J connectivity index is 2.54. The standard InChI is InChI=1S/C8H8N2/c1-2-4-8-7(3-1)5-6-9-10-8/h2,4-6H,1,3H2/p+1. The number of H-pyrrole nitrogens is 1. The highest BCUT2D eigenvalue weighted by molar-refractivity contribution is 5.50. The van der Waals surface area contributed by atoms with Crippen molar-refractivity contribution in [2.24, 2.45) is 0 Å². The van der Waals surface area contributed by atoms with Crippen molar-refractivity contribution in [3.05, 3.63) is 29.6 Å². The smallest absolute Gasteiger partial charge is 0.106 e. The number of allylic oxidation sites excluding steroid dienone is 1. The third-order valence-corrected chi connectivity index (χ3v) is 1.73. The van der Waals surface area contributed by atoms with Crippen molar-refractivity contribution in [1.82, 2.24) is 5.10 Å². The first-order valence-electron chi connectivity index (χ1n) is 3.49. The number of aromatic nitrogens is 2. The van der Waals surface area contributed by atoms with Crippen LogP contribution in [-0.4, -0.2) is 5.10 Å². The van der Waals surface area contributed by atoms with Gasteiger partial charge in [-0.2, -0.15) is 0 Å². The summed E-state index contributed by atoms with van der Waals surface area (Å²) in [7, 11) is 0. The summed E-state index contributed by atoms with van der Waals surface area (Å²) in [6.07, 6.45) is 8.38. The molecule has 1 aliphatic carbocycles. The highest BCUT2D eigenvalue weighted by Gasteiger charge is 2.05. The molecule has 2 nitrogen and oxygen atoms in total. The quantitative estimate of drug-likeness (QED) is 0.515. The van der Waals surface area contributed by atoms with Gasteiger partial charge in [-0.05, 0) is 29.6 Å². The van der Waals surface area contributed by atoms with Crippen LogP contribution in [0.15, 0.2) is 18.3 Å². The summed E-state index contributed by atoms with van der Waals surface area (Å²) in [4.78, 5) is 0. The predicted octanol–water partition coefficient (Wildman–Crippen LogP) is 0.855. The molecule has 0 spiro atoms. The first-order valence-corrected chi connectivity index (χ1v) is 3.49. The van der Waals surface area contributed by atoms with Gasteiger partial charge in [0, 0.05) is 6.07 Å². The van der Waals surface area contributed by atoms with Crippen molar-refractivity contribution < 1.29 is 5.10 Å². The van der Waals surface area contributed by atoms with E-state index < -0.39 is 0 Å². The number of hydrogen-bond acceptors (Lipinski definition) is 1. The zero-order valence-electron chi connectivity index (χ0n) is 5.67. The Bertz CT molecular complexity index is 266. The first-order chi connectivity index (χ1) is 4.97. The van der Waals surface area contributed by atoms with Crippen LogP contribution in [0, 0.1) is 0 Å². The van der Waals surface area contributed by atoms with Gasteiger partial charge in [0.1, 0.15) is 5.69 Å². The van der Waals surface area contributed by atoms with Crippen LogP contribution in [0.3, 0.4) is 0 Å². The van der Waals surface area contributed by atoms with E-state index in [1.54, 1.807) is 0 Å². The number of aromatic amines is 1. The van der Waals surface area contributed by atoms with Crippen LogP contribution >= 0.6 is 0 Å². The second kappa shape index (κ2) is 2.21. The second-order valence-corrected chi connectivity index (χ2v) is 2.43. The highest BCUT2D eigenvalue weighted by Crippen LogP contribution is 2.13. The van der Waals surface area contributed by atoms with E-state index in [2.05, 4.69) is 28.4 Å². The summed E-state index contributed by atoms with van der Waals surface area (Å²) >= 11 is 0. The molecule has 0 saturated heterocycles. The van der Waals surface area contributed by atoms with Crippen LogP contribution in [0.25, 0.3) is 6.08 Å². The maximum atomic E-state index is 4.11. The molecule has 0 atom stereocenters. The molecule has 10 heavy (non-hydrogen) atoms. The monoisotopic (exact) mass is 133 g/mol. The van der Waals surface area contributed by atoms with Crippen LogP contribution in [0.4, 0.5) is 0 Å². The normalized spacial score (nSPS) is 14.8. The SMILES string of the molecule is C1=Cc2n[nH+]ccc2CC1. The van der Waals surface area contributed by atoms with Crippen molar-refractivity contribution in [3.63, 3.8) is 0 Å². The van der Waals surface area contributed by atoms with E-state index in [4.69, 9.17) is 0 Å². The predicted molar refractivity (Wildman–Crippen MR) is 38.1 cm³/mol. The van der Waals surface area contributed by atoms with E-state index in [1.807, 2.05) is 6.20 Å². The van der Waals surface area contributed by atoms with Gasteiger partial charge >= 0.3 is 0 Å². The molecular formula is C8H9N2+. The Hall–Kier alpha value is -1.18. The number of hydrogen-bond donors (Lipinski definition) is 0. The van der Waals surface area contributed by atoms with E-state index in [-0.39, 0.29) is 0 Å². The zero-order chi connectivity index (χ0) is 6.81. The van der Waals surface area contributed by atoms with Crippen molar-refractivity contribution >= 4 is 6.08 Å². The Morgan fingerprint density at radius 2 is 2.50 bits per heavy atom. The van der Waals surface area contributed by atoms with E-state index in [0.29, 0.717) is 0 Å². The Morgan fingerprint density at radius 3 is 3.40 bits per heavy atom. The van der Waals surface area contributed by atoms with Crippen LogP contribution < -0.4 is 5.10 Å². The second-order valence-electron chi connectivity index (χ2n) is 2.43. The molecule has 0 radical (unpaired) electrons. The summed E-state index contributed by atoms with van der Waals surface area (Å²) in [5, 5.41) is 6.93. The van der Waals surface area contributed by atoms with Gasteiger partial charge in [0.05, 0.1) is 0 Å². The third kappa shape index (κ3) is 0.817. The van der Waals surface area contributed by atoms with Crippen LogP contribution in [0.1, 0.15) is 17.7 Å². The number of nitrogens with one attached hydrogen (secondary N) is 1. The average molecular weight is 133 g/mol. The molecule has 1 aromatic heterocycles. The molecule has 0 aromatic carbocycles. The van der Waals surface area contributed by atoms with E-state index in [0.717, 1.165) is 18.5 Å². The number of rotatable bonds is 0. The fourth-order valence-corrected chi connectivity index (χ4v) is 1.19. The molecule has 0 saturated carbocycles. The fourth-order valence-electron chi connectivity index (χ4n) is 1.19. The molecule has 0 aliphatic heterocycles. The molecule has 1 aliphatic rings. The van der Waals surface area contributed by atoms with Gasteiger partial charge in [-0.3, -0.25) is 0 Å². The van der Waals surface area contributed by atoms with Gasteiger partial charge in [0.2, 0.25) is 0 Å². The van der Waals surface area contributed by atoms with Gasteiger partial charge < -0.3 is 0 Å². The lowest BCUT2D eigenvalue weighted by Gasteiger charge is -2.02. The minimum absolute atomic E-state index is 1.09. The summed E-state index contributed by atoms with van der Waals surface area (Å²) in [6, 6.07) is 2.09. The summed E-state index contributed by atoms with van der Waals surface area (Å²) < 4.78 is 0. The molecule has 50 valence electrons. The topological polar surface area (TPSA) is 27.0 Å². The summed E-state index contributed by atoms with van der Waals surface area (Å²) in [6.45, 7) is 0. The lowest BCUT2D eigenvalue weighted by atomic mass is 10.0. The van der Waals surface area contributed by atoms with E-state index in [9.17, 15) is 0 Å². The minimum atomic E-state index is 1.09. The molecule has 0 amide bonds. The van der Waals surface area contributed by atoms with Crippen LogP contribution in [-0.2, 0) is 6.42 Å². The number of aryl methyl sites for hydroxylation is 1. The summed E-state index contributed by atoms with van der Waals surface area (Å²) in [5.74, 6) is 0. The molecule has 0 unspecified atom stereocenters. The maximum Gasteiger partial charge on any atom is 0.193 e. The Labute approximate surface area is 59.6 Å². The molecule has 2 heteroatoms. The van der Waals surface area contributed by atoms with Gasteiger partial charge in [-0.1, -0.05) is 6.08 Å². The fraction of sp³-hybridized carbons (Fsp3) is 0.250. The lowest BCUT2D eigenvalue weighted by Crippen LogP contribution is -2.11. The van der Waals surface area contributed by atoms with Gasteiger partial charge in [0.25, 0.3) is 0 Å². The molecular weight excluding hydrogens is 124 g/mol. The third-order valence-electron chi connectivity index (χ3n) is 1.73. The Kier molecular flexibility index (Phi) is 1.24. The van der Waals surface area contributed by atoms with E-state index >= 15 is 0 Å². The molecule has 0 bridgehead atoms. The molecule has 0 fully saturated rings. The lowest BCUT2D eigenvalue weighted by molar-refractivity contribution is -0.455. The van der Waals surface area contributed by atoms with Crippen molar-refractivity contribution in [1.29, 1.82) is 0 Å². The van der Waals surface area contributed by atoms with Crippen LogP contribution in [0.5, 0.6) is 0 Å².